The lowest BCUT2D eigenvalue weighted by Gasteiger charge is -2.46. The van der Waals surface area contributed by atoms with Crippen molar-refractivity contribution in [3.63, 3.8) is 0 Å². The maximum atomic E-state index is 13.1. The lowest BCUT2D eigenvalue weighted by atomic mass is 9.81. The summed E-state index contributed by atoms with van der Waals surface area (Å²) in [5.41, 5.74) is 1.99. The van der Waals surface area contributed by atoms with Gasteiger partial charge in [-0.25, -0.2) is 4.79 Å². The summed E-state index contributed by atoms with van der Waals surface area (Å²) < 4.78 is 5.48. The van der Waals surface area contributed by atoms with Gasteiger partial charge in [0, 0.05) is 17.6 Å². The minimum atomic E-state index is -0.189. The van der Waals surface area contributed by atoms with Crippen LogP contribution in [0.25, 0.3) is 11.4 Å². The molecule has 1 aromatic carbocycles. The second kappa shape index (κ2) is 6.72. The SMILES string of the molecule is Cc1ccccc1-c1noc(CN2C(=O)N(C3CC3)C(=O)C3CCCCC32)n1. The Kier molecular flexibility index (Phi) is 4.18. The van der Waals surface area contributed by atoms with Crippen LogP contribution in [0.15, 0.2) is 28.8 Å². The van der Waals surface area contributed by atoms with E-state index in [1.54, 1.807) is 4.90 Å². The van der Waals surface area contributed by atoms with Crippen LogP contribution in [-0.2, 0) is 11.3 Å². The van der Waals surface area contributed by atoms with E-state index in [4.69, 9.17) is 4.52 Å². The van der Waals surface area contributed by atoms with E-state index in [9.17, 15) is 9.59 Å². The molecule has 2 unspecified atom stereocenters. The number of fused-ring (bicyclic) bond motifs is 1. The number of carbonyl (C=O) groups excluding carboxylic acids is 2. The molecule has 3 amide bonds. The highest BCUT2D eigenvalue weighted by molar-refractivity contribution is 5.99. The first kappa shape index (κ1) is 17.4. The Hall–Kier alpha value is -2.70. The fraction of sp³-hybridized carbons (Fsp3) is 0.524. The summed E-state index contributed by atoms with van der Waals surface area (Å²) in [7, 11) is 0. The summed E-state index contributed by atoms with van der Waals surface area (Å²) in [5.74, 6) is 0.888. The van der Waals surface area contributed by atoms with Gasteiger partial charge in [-0.2, -0.15) is 4.98 Å². The first-order valence-corrected chi connectivity index (χ1v) is 10.2. The molecule has 2 aromatic rings. The molecule has 146 valence electrons. The molecule has 0 bridgehead atoms. The minimum Gasteiger partial charge on any atom is -0.337 e. The number of hydrogen-bond acceptors (Lipinski definition) is 5. The first-order valence-electron chi connectivity index (χ1n) is 10.2. The second-order valence-electron chi connectivity index (χ2n) is 8.13. The Morgan fingerprint density at radius 2 is 1.89 bits per heavy atom. The molecule has 5 rings (SSSR count). The highest BCUT2D eigenvalue weighted by Crippen LogP contribution is 2.39. The molecule has 7 nitrogen and oxygen atoms in total. The topological polar surface area (TPSA) is 79.5 Å². The van der Waals surface area contributed by atoms with Crippen LogP contribution in [0.3, 0.4) is 0 Å². The van der Waals surface area contributed by atoms with Crippen molar-refractivity contribution in [2.24, 2.45) is 5.92 Å². The van der Waals surface area contributed by atoms with Crippen molar-refractivity contribution in [1.82, 2.24) is 19.9 Å². The molecule has 0 spiro atoms. The Morgan fingerprint density at radius 1 is 1.11 bits per heavy atom. The number of aromatic nitrogens is 2. The van der Waals surface area contributed by atoms with Crippen molar-refractivity contribution in [3.05, 3.63) is 35.7 Å². The van der Waals surface area contributed by atoms with Crippen LogP contribution < -0.4 is 0 Å². The fourth-order valence-electron chi connectivity index (χ4n) is 4.58. The summed E-state index contributed by atoms with van der Waals surface area (Å²) in [6.07, 6.45) is 5.64. The minimum absolute atomic E-state index is 0.0274. The maximum absolute atomic E-state index is 13.1. The Balaban J connectivity index is 1.42. The van der Waals surface area contributed by atoms with Gasteiger partial charge in [-0.1, -0.05) is 42.3 Å². The van der Waals surface area contributed by atoms with Crippen molar-refractivity contribution in [1.29, 1.82) is 0 Å². The number of aryl methyl sites for hydroxylation is 1. The zero-order valence-corrected chi connectivity index (χ0v) is 16.0. The van der Waals surface area contributed by atoms with Gasteiger partial charge in [0.15, 0.2) is 0 Å². The largest absolute Gasteiger partial charge is 0.337 e. The van der Waals surface area contributed by atoms with Gasteiger partial charge in [0.25, 0.3) is 0 Å². The number of imide groups is 1. The summed E-state index contributed by atoms with van der Waals surface area (Å²) in [4.78, 5) is 33.9. The predicted octanol–water partition coefficient (Wildman–Crippen LogP) is 3.53. The van der Waals surface area contributed by atoms with Crippen molar-refractivity contribution >= 4 is 11.9 Å². The molecule has 7 heteroatoms. The zero-order valence-electron chi connectivity index (χ0n) is 16.0. The van der Waals surface area contributed by atoms with Crippen molar-refractivity contribution in [3.8, 4) is 11.4 Å². The molecule has 2 atom stereocenters. The number of urea groups is 1. The van der Waals surface area contributed by atoms with E-state index >= 15 is 0 Å². The molecule has 2 saturated carbocycles. The van der Waals surface area contributed by atoms with Crippen molar-refractivity contribution in [2.45, 2.75) is 64.1 Å². The van der Waals surface area contributed by atoms with Crippen molar-refractivity contribution in [2.75, 3.05) is 0 Å². The maximum Gasteiger partial charge on any atom is 0.327 e. The number of carbonyl (C=O) groups is 2. The Labute approximate surface area is 163 Å². The summed E-state index contributed by atoms with van der Waals surface area (Å²) in [5, 5.41) is 4.12. The molecule has 2 aliphatic carbocycles. The molecule has 0 N–H and O–H groups in total. The molecule has 28 heavy (non-hydrogen) atoms. The third-order valence-electron chi connectivity index (χ3n) is 6.21. The normalized spacial score (nSPS) is 25.2. The van der Waals surface area contributed by atoms with Crippen molar-refractivity contribution < 1.29 is 14.1 Å². The third-order valence-corrected chi connectivity index (χ3v) is 6.21. The van der Waals surface area contributed by atoms with Gasteiger partial charge >= 0.3 is 6.03 Å². The van der Waals surface area contributed by atoms with Gasteiger partial charge in [0.05, 0.1) is 5.92 Å². The van der Waals surface area contributed by atoms with E-state index in [0.717, 1.165) is 49.7 Å². The van der Waals surface area contributed by atoms with Crippen LogP contribution in [0.5, 0.6) is 0 Å². The second-order valence-corrected chi connectivity index (χ2v) is 8.13. The van der Waals surface area contributed by atoms with Gasteiger partial charge in [-0.3, -0.25) is 9.69 Å². The van der Waals surface area contributed by atoms with Crippen LogP contribution in [0.4, 0.5) is 4.79 Å². The van der Waals surface area contributed by atoms with Crippen LogP contribution >= 0.6 is 0 Å². The highest BCUT2D eigenvalue weighted by Gasteiger charge is 2.51. The van der Waals surface area contributed by atoms with E-state index < -0.39 is 0 Å². The van der Waals surface area contributed by atoms with Gasteiger partial charge in [0.1, 0.15) is 6.54 Å². The number of benzene rings is 1. The highest BCUT2D eigenvalue weighted by atomic mass is 16.5. The quantitative estimate of drug-likeness (QED) is 0.811. The smallest absolute Gasteiger partial charge is 0.327 e. The summed E-state index contributed by atoms with van der Waals surface area (Å²) >= 11 is 0. The summed E-state index contributed by atoms with van der Waals surface area (Å²) in [6, 6.07) is 7.71. The predicted molar refractivity (Wildman–Crippen MR) is 101 cm³/mol. The average Bonchev–Trinajstić information content (AvgIpc) is 3.43. The summed E-state index contributed by atoms with van der Waals surface area (Å²) in [6.45, 7) is 2.26. The first-order chi connectivity index (χ1) is 13.6. The molecule has 1 saturated heterocycles. The van der Waals surface area contributed by atoms with Crippen LogP contribution in [0.2, 0.25) is 0 Å². The molecule has 0 radical (unpaired) electrons. The molecule has 3 aliphatic rings. The van der Waals surface area contributed by atoms with E-state index in [-0.39, 0.29) is 36.5 Å². The molecule has 3 fully saturated rings. The van der Waals surface area contributed by atoms with Crippen LogP contribution in [0, 0.1) is 12.8 Å². The zero-order chi connectivity index (χ0) is 19.3. The molecular formula is C21H24N4O3. The third kappa shape index (κ3) is 2.89. The lowest BCUT2D eigenvalue weighted by molar-refractivity contribution is -0.141. The molecular weight excluding hydrogens is 356 g/mol. The number of nitrogens with zero attached hydrogens (tertiary/aromatic N) is 4. The van der Waals surface area contributed by atoms with Crippen LogP contribution in [0.1, 0.15) is 50.0 Å². The van der Waals surface area contributed by atoms with Crippen LogP contribution in [-0.4, -0.2) is 44.0 Å². The van der Waals surface area contributed by atoms with E-state index in [0.29, 0.717) is 11.7 Å². The lowest BCUT2D eigenvalue weighted by Crippen LogP contribution is -2.62. The molecule has 1 aromatic heterocycles. The van der Waals surface area contributed by atoms with Gasteiger partial charge < -0.3 is 9.42 Å². The fourth-order valence-corrected chi connectivity index (χ4v) is 4.58. The Bertz CT molecular complexity index is 920. The number of rotatable bonds is 4. The Morgan fingerprint density at radius 3 is 2.68 bits per heavy atom. The number of hydrogen-bond donors (Lipinski definition) is 0. The van der Waals surface area contributed by atoms with E-state index in [1.165, 1.54) is 4.90 Å². The van der Waals surface area contributed by atoms with Gasteiger partial charge in [-0.15, -0.1) is 0 Å². The number of amides is 3. The van der Waals surface area contributed by atoms with E-state index in [2.05, 4.69) is 10.1 Å². The van der Waals surface area contributed by atoms with Gasteiger partial charge in [0.2, 0.25) is 17.6 Å². The van der Waals surface area contributed by atoms with E-state index in [1.807, 2.05) is 31.2 Å². The van der Waals surface area contributed by atoms with Gasteiger partial charge in [-0.05, 0) is 38.2 Å². The monoisotopic (exact) mass is 380 g/mol. The molecule has 1 aliphatic heterocycles. The standard InChI is InChI=1S/C21H24N4O3/c1-13-6-2-3-7-15(13)19-22-18(28-23-19)12-24-17-9-5-4-8-16(17)20(26)25(21(24)27)14-10-11-14/h2-3,6-7,14,16-17H,4-5,8-12H2,1H3. The average molecular weight is 380 g/mol. The molecule has 2 heterocycles.